The predicted octanol–water partition coefficient (Wildman–Crippen LogP) is 2.06. The van der Waals surface area contributed by atoms with Gasteiger partial charge in [-0.25, -0.2) is 9.36 Å². The fourth-order valence-electron chi connectivity index (χ4n) is 5.60. The lowest BCUT2D eigenvalue weighted by molar-refractivity contribution is -0.977. The van der Waals surface area contributed by atoms with Gasteiger partial charge in [0.25, 0.3) is 5.56 Å². The van der Waals surface area contributed by atoms with Crippen LogP contribution in [0, 0.1) is 6.92 Å². The molecule has 13 nitrogen and oxygen atoms in total. The molecule has 0 bridgehead atoms. The number of hydrogen-bond donors (Lipinski definition) is 3. The molecule has 2 heterocycles. The molecule has 0 radical (unpaired) electrons. The summed E-state index contributed by atoms with van der Waals surface area (Å²) >= 11 is 0. The Hall–Kier alpha value is -1.86. The van der Waals surface area contributed by atoms with Gasteiger partial charge in [0.2, 0.25) is 0 Å². The summed E-state index contributed by atoms with van der Waals surface area (Å²) in [5.74, 6) is -0.449. The summed E-state index contributed by atoms with van der Waals surface area (Å²) in [5, 5.41) is 0. The van der Waals surface area contributed by atoms with Gasteiger partial charge in [0.1, 0.15) is 31.5 Å². The minimum atomic E-state index is -4.80. The molecule has 1 aromatic heterocycles. The molecule has 1 aliphatic heterocycles. The Morgan fingerprint density at radius 2 is 1.61 bits per heavy atom. The van der Waals surface area contributed by atoms with Gasteiger partial charge in [-0.3, -0.25) is 23.7 Å². The van der Waals surface area contributed by atoms with Crippen molar-refractivity contribution in [3.05, 3.63) is 32.6 Å². The molecule has 41 heavy (non-hydrogen) atoms. The van der Waals surface area contributed by atoms with Crippen LogP contribution in [0.15, 0.2) is 15.8 Å². The molecule has 3 N–H and O–H groups in total. The van der Waals surface area contributed by atoms with Gasteiger partial charge in [-0.1, -0.05) is 0 Å². The van der Waals surface area contributed by atoms with Crippen molar-refractivity contribution in [3.63, 3.8) is 0 Å². The average molecular weight is 607 g/mol. The van der Waals surface area contributed by atoms with E-state index in [9.17, 15) is 18.9 Å². The van der Waals surface area contributed by atoms with Crippen LogP contribution in [0.4, 0.5) is 0 Å². The van der Waals surface area contributed by atoms with Crippen molar-refractivity contribution in [3.8, 4) is 0 Å². The second-order valence-electron chi connectivity index (χ2n) is 11.1. The summed E-state index contributed by atoms with van der Waals surface area (Å²) in [7, 11) is -4.80. The van der Waals surface area contributed by atoms with E-state index in [2.05, 4.69) is 44.1 Å². The molecule has 1 aromatic rings. The number of H-pyrrole nitrogens is 1. The molecule has 0 amide bonds. The van der Waals surface area contributed by atoms with Gasteiger partial charge in [0.15, 0.2) is 0 Å². The third kappa shape index (κ3) is 10.1. The smallest absolute Gasteiger partial charge is 0.459 e. The number of aromatic amines is 1. The molecule has 1 aliphatic rings. The Labute approximate surface area is 242 Å². The highest BCUT2D eigenvalue weighted by atomic mass is 31.2. The first-order valence-electron chi connectivity index (χ1n) is 14.8. The zero-order valence-electron chi connectivity index (χ0n) is 25.5. The fourth-order valence-corrected chi connectivity index (χ4v) is 5.94. The highest BCUT2D eigenvalue weighted by Gasteiger charge is 2.40. The molecular weight excluding hydrogens is 555 g/mol. The van der Waals surface area contributed by atoms with E-state index in [1.807, 2.05) is 0 Å². The molecule has 0 aliphatic carbocycles. The minimum Gasteiger partial charge on any atom is -0.459 e. The zero-order valence-corrected chi connectivity index (χ0v) is 26.4. The standard InChI is InChI=1S/C27H49N4O9P/c1-7-30(8-2,9-3)16-17-31(10-4,11-5)15-13-12-14-25(32)40-22-18-24(39-23(22)20-38-41(35,36)37)29-19-21(6)26(33)28-27(29)34/h19,22-24H,7-18,20H2,1-6H3,(H-2,28,33,34,35,36,37)/p+2. The largest absolute Gasteiger partial charge is 0.469 e. The van der Waals surface area contributed by atoms with Crippen molar-refractivity contribution < 1.29 is 42.1 Å². The Kier molecular flexibility index (Phi) is 13.4. The maximum Gasteiger partial charge on any atom is 0.469 e. The molecule has 2 rings (SSSR count). The Balaban J connectivity index is 1.99. The summed E-state index contributed by atoms with van der Waals surface area (Å²) in [6, 6.07) is 0. The van der Waals surface area contributed by atoms with E-state index in [4.69, 9.17) is 19.3 Å². The van der Waals surface area contributed by atoms with Gasteiger partial charge in [0.05, 0.1) is 45.9 Å². The van der Waals surface area contributed by atoms with Crippen LogP contribution in [0.5, 0.6) is 0 Å². The van der Waals surface area contributed by atoms with Gasteiger partial charge in [-0.15, -0.1) is 0 Å². The number of nitrogens with one attached hydrogen (secondary N) is 1. The number of quaternary nitrogens is 2. The van der Waals surface area contributed by atoms with Gasteiger partial charge in [0, 0.05) is 24.6 Å². The number of phosphoric acid groups is 1. The number of carbonyl (C=O) groups is 1. The number of hydrogen-bond acceptors (Lipinski definition) is 7. The van der Waals surface area contributed by atoms with Gasteiger partial charge in [-0.2, -0.15) is 0 Å². The minimum absolute atomic E-state index is 0.0598. The summed E-state index contributed by atoms with van der Waals surface area (Å²) in [5.41, 5.74) is -0.940. The Bertz CT molecular complexity index is 1130. The number of unbranched alkanes of at least 4 members (excludes halogenated alkanes) is 1. The lowest BCUT2D eigenvalue weighted by atomic mass is 10.1. The second kappa shape index (κ2) is 15.6. The van der Waals surface area contributed by atoms with Crippen molar-refractivity contribution in [1.82, 2.24) is 9.55 Å². The highest BCUT2D eigenvalue weighted by Crippen LogP contribution is 2.38. The van der Waals surface area contributed by atoms with Crippen molar-refractivity contribution in [2.45, 2.75) is 85.7 Å². The lowest BCUT2D eigenvalue weighted by Gasteiger charge is -2.42. The molecular formula is C27H51N4O9P+2. The van der Waals surface area contributed by atoms with E-state index in [1.54, 1.807) is 0 Å². The van der Waals surface area contributed by atoms with Crippen LogP contribution >= 0.6 is 7.82 Å². The normalized spacial score (nSPS) is 20.0. The quantitative estimate of drug-likeness (QED) is 0.0985. The van der Waals surface area contributed by atoms with E-state index >= 15 is 0 Å². The number of ether oxygens (including phenoxy) is 2. The van der Waals surface area contributed by atoms with Crippen molar-refractivity contribution in [2.24, 2.45) is 0 Å². The van der Waals surface area contributed by atoms with Crippen molar-refractivity contribution in [1.29, 1.82) is 0 Å². The molecule has 0 spiro atoms. The van der Waals surface area contributed by atoms with E-state index in [1.165, 1.54) is 17.7 Å². The topological polar surface area (TPSA) is 157 Å². The van der Waals surface area contributed by atoms with Crippen molar-refractivity contribution in [2.75, 3.05) is 59.0 Å². The third-order valence-corrected chi connectivity index (χ3v) is 9.48. The van der Waals surface area contributed by atoms with Gasteiger partial charge >= 0.3 is 19.5 Å². The van der Waals surface area contributed by atoms with Crippen LogP contribution in [0.3, 0.4) is 0 Å². The molecule has 0 saturated carbocycles. The number of nitrogens with zero attached hydrogens (tertiary/aromatic N) is 3. The molecule has 1 fully saturated rings. The zero-order chi connectivity index (χ0) is 30.8. The summed E-state index contributed by atoms with van der Waals surface area (Å²) in [4.78, 5) is 57.4. The SMILES string of the molecule is CC[N+](CC)(CC)CC[N+](CC)(CC)CCCCC(=O)OC1CC(n2cc(C)c(=O)[nH]c2=O)OC1COP(=O)(O)O. The third-order valence-electron chi connectivity index (χ3n) is 8.99. The molecule has 0 aromatic carbocycles. The second-order valence-corrected chi connectivity index (χ2v) is 12.3. The number of aryl methyl sites for hydroxylation is 1. The van der Waals surface area contributed by atoms with E-state index in [0.29, 0.717) is 6.42 Å². The van der Waals surface area contributed by atoms with Crippen LogP contribution in [0.1, 0.15) is 72.1 Å². The average Bonchev–Trinajstić information content (AvgIpc) is 3.33. The van der Waals surface area contributed by atoms with E-state index in [-0.39, 0.29) is 18.4 Å². The van der Waals surface area contributed by atoms with E-state index in [0.717, 1.165) is 67.7 Å². The first-order chi connectivity index (χ1) is 19.3. The Morgan fingerprint density at radius 3 is 2.17 bits per heavy atom. The lowest BCUT2D eigenvalue weighted by Crippen LogP contribution is -2.57. The summed E-state index contributed by atoms with van der Waals surface area (Å²) in [6.07, 6.45) is 0.300. The first kappa shape index (κ1) is 35.3. The summed E-state index contributed by atoms with van der Waals surface area (Å²) in [6.45, 7) is 20.8. The number of aromatic nitrogens is 2. The molecule has 14 heteroatoms. The van der Waals surface area contributed by atoms with Crippen LogP contribution in [-0.4, -0.2) is 105 Å². The predicted molar refractivity (Wildman–Crippen MR) is 154 cm³/mol. The van der Waals surface area contributed by atoms with Gasteiger partial charge < -0.3 is 28.2 Å². The maximum absolute atomic E-state index is 12.8. The number of phosphoric ester groups is 1. The van der Waals surface area contributed by atoms with Crippen LogP contribution in [0.25, 0.3) is 0 Å². The van der Waals surface area contributed by atoms with E-state index < -0.39 is 50.1 Å². The van der Waals surface area contributed by atoms with Crippen LogP contribution < -0.4 is 11.2 Å². The monoisotopic (exact) mass is 606 g/mol. The highest BCUT2D eigenvalue weighted by molar-refractivity contribution is 7.46. The van der Waals surface area contributed by atoms with Crippen molar-refractivity contribution >= 4 is 13.8 Å². The number of carbonyl (C=O) groups excluding carboxylic acids is 1. The first-order valence-corrected chi connectivity index (χ1v) is 16.4. The van der Waals surface area contributed by atoms with Gasteiger partial charge in [-0.05, 0) is 54.4 Å². The maximum atomic E-state index is 12.8. The molecule has 1 saturated heterocycles. The molecule has 3 atom stereocenters. The molecule has 3 unspecified atom stereocenters. The van der Waals surface area contributed by atoms with Crippen LogP contribution in [0.2, 0.25) is 0 Å². The number of rotatable bonds is 18. The number of esters is 1. The Morgan fingerprint density at radius 1 is 1.02 bits per heavy atom. The number of likely N-dealkylation sites (N-methyl/N-ethyl adjacent to an activating group) is 2. The fraction of sp³-hybridized carbons (Fsp3) is 0.815. The molecule has 236 valence electrons. The van der Waals surface area contributed by atoms with Crippen LogP contribution in [-0.2, 0) is 23.4 Å². The summed E-state index contributed by atoms with van der Waals surface area (Å²) < 4.78 is 30.6.